The summed E-state index contributed by atoms with van der Waals surface area (Å²) >= 11 is 0. The molecule has 2 aliphatic rings. The molecule has 2 aliphatic heterocycles. The molecule has 0 bridgehead atoms. The second-order valence-electron chi connectivity index (χ2n) is 21.5. The molecule has 0 aliphatic carbocycles. The summed E-state index contributed by atoms with van der Waals surface area (Å²) in [6.07, 6.45) is 0. The van der Waals surface area contributed by atoms with Crippen molar-refractivity contribution >= 4 is 29.4 Å². The summed E-state index contributed by atoms with van der Waals surface area (Å²) in [4.78, 5) is 0. The van der Waals surface area contributed by atoms with E-state index in [9.17, 15) is 0 Å². The average molecular weight is 893 g/mol. The van der Waals surface area contributed by atoms with Crippen LogP contribution in [0.4, 0.5) is 8.63 Å². The van der Waals surface area contributed by atoms with Crippen molar-refractivity contribution in [1.82, 2.24) is 4.48 Å². The summed E-state index contributed by atoms with van der Waals surface area (Å²) in [5.41, 5.74) is 14.7. The summed E-state index contributed by atoms with van der Waals surface area (Å²) in [5.74, 6) is 0. The van der Waals surface area contributed by atoms with Gasteiger partial charge in [-0.25, -0.2) is 0 Å². The van der Waals surface area contributed by atoms with Crippen molar-refractivity contribution in [1.29, 1.82) is 0 Å². The molecule has 2 nitrogen and oxygen atoms in total. The van der Waals surface area contributed by atoms with Gasteiger partial charge >= 0.3 is 6.97 Å². The number of allylic oxidation sites excluding steroid dienone is 2. The normalized spacial score (nSPS) is 14.9. The van der Waals surface area contributed by atoms with Gasteiger partial charge in [-0.3, -0.25) is 0 Å². The van der Waals surface area contributed by atoms with Gasteiger partial charge in [0, 0.05) is 28.1 Å². The monoisotopic (exact) mass is 892 g/mol. The van der Waals surface area contributed by atoms with Crippen molar-refractivity contribution in [3.63, 3.8) is 0 Å². The van der Waals surface area contributed by atoms with E-state index in [0.717, 1.165) is 55.7 Å². The molecule has 338 valence electrons. The molecule has 0 fully saturated rings. The number of hydrogen-bond donors (Lipinski definition) is 0. The first-order valence-corrected chi connectivity index (χ1v) is 24.0. The van der Waals surface area contributed by atoms with Crippen LogP contribution in [0.15, 0.2) is 200 Å². The molecule has 8 aromatic rings. The third kappa shape index (κ3) is 7.63. The molecular weight excluding hydrogens is 834 g/mol. The molecule has 0 radical (unpaired) electrons. The van der Waals surface area contributed by atoms with Gasteiger partial charge in [0.05, 0.1) is 16.7 Å². The van der Waals surface area contributed by atoms with E-state index in [1.807, 2.05) is 97.1 Å². The zero-order valence-electron chi connectivity index (χ0n) is 40.7. The van der Waals surface area contributed by atoms with Crippen LogP contribution in [-0.4, -0.2) is 21.6 Å². The molecule has 0 N–H and O–H groups in total. The quantitative estimate of drug-likeness (QED) is 0.141. The Kier molecular flexibility index (Phi) is 10.9. The van der Waals surface area contributed by atoms with E-state index in [-0.39, 0.29) is 16.2 Å². The Morgan fingerprint density at radius 2 is 0.662 bits per heavy atom. The van der Waals surface area contributed by atoms with E-state index in [2.05, 4.69) is 159 Å². The van der Waals surface area contributed by atoms with Crippen molar-refractivity contribution in [2.24, 2.45) is 0 Å². The fourth-order valence-electron chi connectivity index (χ4n) is 10.3. The molecule has 0 unspecified atom stereocenters. The van der Waals surface area contributed by atoms with Crippen LogP contribution in [0.25, 0.3) is 50.2 Å². The molecule has 7 aromatic carbocycles. The van der Waals surface area contributed by atoms with Crippen LogP contribution >= 0.6 is 0 Å². The molecular formula is C63H59BF2N2. The maximum Gasteiger partial charge on any atom is 0.738 e. The zero-order chi connectivity index (χ0) is 47.8. The first-order chi connectivity index (χ1) is 32.4. The van der Waals surface area contributed by atoms with Crippen LogP contribution in [0.5, 0.6) is 0 Å². The van der Waals surface area contributed by atoms with Gasteiger partial charge in [-0.1, -0.05) is 244 Å². The smallest absolute Gasteiger partial charge is 0.389 e. The maximum absolute atomic E-state index is 19.9. The molecule has 0 atom stereocenters. The fourth-order valence-corrected chi connectivity index (χ4v) is 10.3. The van der Waals surface area contributed by atoms with Crippen LogP contribution in [-0.2, 0) is 16.2 Å². The Morgan fingerprint density at radius 1 is 0.338 bits per heavy atom. The average Bonchev–Trinajstić information content (AvgIpc) is 3.89. The number of halogens is 2. The Hall–Kier alpha value is -7.11. The highest BCUT2D eigenvalue weighted by molar-refractivity contribution is 6.61. The first-order valence-electron chi connectivity index (χ1n) is 24.0. The molecule has 0 amide bonds. The third-order valence-electron chi connectivity index (χ3n) is 13.8. The SMILES string of the molecule is CC(C)(C)c1ccc(C2=C(c3ccccc3)C(c3ccccc3)=[N+]3C2=C(c2ccc(C(C)(C)C)cc2)c2c(-c4ccc(C(C)(C)C)cc4)c(-c4ccccc4)c(-c4ccccc4)n2[B-]3(F)F)cc1. The van der Waals surface area contributed by atoms with Gasteiger partial charge in [-0.2, -0.15) is 0 Å². The van der Waals surface area contributed by atoms with Gasteiger partial charge in [0.15, 0.2) is 11.4 Å². The number of rotatable bonds is 7. The van der Waals surface area contributed by atoms with Gasteiger partial charge in [0.1, 0.15) is 0 Å². The number of nitrogens with zero attached hydrogens (tertiary/aromatic N) is 2. The van der Waals surface area contributed by atoms with E-state index < -0.39 is 6.97 Å². The number of fused-ring (bicyclic) bond motifs is 2. The molecule has 0 saturated carbocycles. The Balaban J connectivity index is 1.48. The lowest BCUT2D eigenvalue weighted by molar-refractivity contribution is -0.358. The van der Waals surface area contributed by atoms with E-state index in [4.69, 9.17) is 0 Å². The minimum absolute atomic E-state index is 0.113. The highest BCUT2D eigenvalue weighted by Gasteiger charge is 2.60. The number of benzene rings is 7. The second kappa shape index (κ2) is 16.6. The summed E-state index contributed by atoms with van der Waals surface area (Å²) < 4.78 is 42.6. The molecule has 0 spiro atoms. The summed E-state index contributed by atoms with van der Waals surface area (Å²) in [7, 11) is 0. The minimum Gasteiger partial charge on any atom is -0.389 e. The highest BCUT2D eigenvalue weighted by atomic mass is 19.2. The molecule has 68 heavy (non-hydrogen) atoms. The lowest BCUT2D eigenvalue weighted by Gasteiger charge is -2.35. The van der Waals surface area contributed by atoms with Crippen molar-refractivity contribution in [3.05, 3.63) is 244 Å². The lowest BCUT2D eigenvalue weighted by atomic mass is 9.79. The van der Waals surface area contributed by atoms with Gasteiger partial charge in [-0.05, 0) is 78.4 Å². The summed E-state index contributed by atoms with van der Waals surface area (Å²) in [6.45, 7) is 15.2. The molecule has 10 rings (SSSR count). The van der Waals surface area contributed by atoms with E-state index in [1.165, 1.54) is 25.7 Å². The standard InChI is InChI=1S/C63H59BF2N2/c1-61(2,3)49-36-30-44(31-37-49)54-52(42-22-14-10-15-23-42)57(47-26-18-12-19-27-47)67-59(54)56(46-34-40-51(41-35-46)63(7,8)9)60-55(45-32-38-50(39-33-45)62(4,5)6)53(43-24-16-11-17-25-43)58(68(60)64(67,65)66)48-28-20-13-21-29-48/h10-41H,1-9H3. The Labute approximate surface area is 401 Å². The molecule has 0 saturated heterocycles. The number of hydrogen-bond acceptors (Lipinski definition) is 0. The van der Waals surface area contributed by atoms with E-state index >= 15 is 8.63 Å². The highest BCUT2D eigenvalue weighted by Crippen LogP contribution is 2.57. The second-order valence-corrected chi connectivity index (χ2v) is 21.5. The Bertz CT molecular complexity index is 3270. The van der Waals surface area contributed by atoms with Crippen LogP contribution < -0.4 is 0 Å². The molecule has 1 aromatic heterocycles. The Morgan fingerprint density at radius 3 is 1.09 bits per heavy atom. The predicted molar refractivity (Wildman–Crippen MR) is 283 cm³/mol. The largest absolute Gasteiger partial charge is 0.738 e. The van der Waals surface area contributed by atoms with Crippen molar-refractivity contribution in [2.75, 3.05) is 0 Å². The maximum atomic E-state index is 19.9. The molecule has 5 heteroatoms. The van der Waals surface area contributed by atoms with Crippen LogP contribution in [0, 0.1) is 0 Å². The topological polar surface area (TPSA) is 7.94 Å². The molecule has 3 heterocycles. The van der Waals surface area contributed by atoms with Gasteiger partial charge in [-0.15, -0.1) is 0 Å². The van der Waals surface area contributed by atoms with Crippen molar-refractivity contribution in [2.45, 2.75) is 78.6 Å². The lowest BCUT2D eigenvalue weighted by Crippen LogP contribution is -2.52. The zero-order valence-corrected chi connectivity index (χ0v) is 40.7. The van der Waals surface area contributed by atoms with Crippen LogP contribution in [0.3, 0.4) is 0 Å². The van der Waals surface area contributed by atoms with Crippen LogP contribution in [0.2, 0.25) is 0 Å². The van der Waals surface area contributed by atoms with E-state index in [0.29, 0.717) is 33.9 Å². The van der Waals surface area contributed by atoms with Crippen LogP contribution in [0.1, 0.15) is 107 Å². The van der Waals surface area contributed by atoms with Crippen molar-refractivity contribution in [3.8, 4) is 33.5 Å². The van der Waals surface area contributed by atoms with Crippen molar-refractivity contribution < 1.29 is 13.1 Å². The number of aromatic nitrogens is 1. The van der Waals surface area contributed by atoms with Gasteiger partial charge in [0.25, 0.3) is 0 Å². The minimum atomic E-state index is -4.68. The van der Waals surface area contributed by atoms with E-state index in [1.54, 1.807) is 0 Å². The first kappa shape index (κ1) is 44.7. The third-order valence-corrected chi connectivity index (χ3v) is 13.8. The van der Waals surface area contributed by atoms with Gasteiger partial charge in [0.2, 0.25) is 0 Å². The summed E-state index contributed by atoms with van der Waals surface area (Å²) in [6, 6.07) is 65.9. The van der Waals surface area contributed by atoms with Gasteiger partial charge < -0.3 is 17.6 Å². The predicted octanol–water partition coefficient (Wildman–Crippen LogP) is 16.5. The fraction of sp³-hybridized carbons (Fsp3) is 0.190. The summed E-state index contributed by atoms with van der Waals surface area (Å²) in [5, 5.41) is 0.